The molecular formula is C13H27NO. The lowest BCUT2D eigenvalue weighted by atomic mass is 9.75. The Morgan fingerprint density at radius 1 is 1.00 bits per heavy atom. The molecule has 1 saturated heterocycles. The first-order valence-electron chi connectivity index (χ1n) is 6.59. The van der Waals surface area contributed by atoms with E-state index in [0.29, 0.717) is 12.0 Å². The second kappa shape index (κ2) is 6.49. The van der Waals surface area contributed by atoms with Crippen LogP contribution in [0.15, 0.2) is 0 Å². The minimum Gasteiger partial charge on any atom is -0.396 e. The maximum Gasteiger partial charge on any atom is 0.0431 e. The molecule has 1 heterocycles. The molecule has 1 N–H and O–H groups in total. The molecule has 0 saturated carbocycles. The fourth-order valence-electron chi connectivity index (χ4n) is 2.56. The maximum atomic E-state index is 8.65. The van der Waals surface area contributed by atoms with E-state index in [1.807, 2.05) is 0 Å². The zero-order valence-electron chi connectivity index (χ0n) is 10.5. The van der Waals surface area contributed by atoms with E-state index < -0.39 is 0 Å². The van der Waals surface area contributed by atoms with Crippen molar-refractivity contribution in [1.29, 1.82) is 0 Å². The quantitative estimate of drug-likeness (QED) is 0.627. The monoisotopic (exact) mass is 213 g/mol. The van der Waals surface area contributed by atoms with Gasteiger partial charge in [-0.25, -0.2) is 0 Å². The molecule has 1 aliphatic rings. The van der Waals surface area contributed by atoms with E-state index >= 15 is 0 Å². The Labute approximate surface area is 94.7 Å². The first kappa shape index (κ1) is 13.0. The normalized spacial score (nSPS) is 20.2. The summed E-state index contributed by atoms with van der Waals surface area (Å²) in [5, 5.41) is 8.65. The fourth-order valence-corrected chi connectivity index (χ4v) is 2.56. The standard InChI is InChI=1S/C13H27NO/c1-3-13(4-2)11-14(12-13)9-7-5-6-8-10-15/h15H,3-12H2,1-2H3. The molecule has 15 heavy (non-hydrogen) atoms. The van der Waals surface area contributed by atoms with E-state index in [9.17, 15) is 0 Å². The summed E-state index contributed by atoms with van der Waals surface area (Å²) in [4.78, 5) is 2.59. The van der Waals surface area contributed by atoms with Crippen molar-refractivity contribution < 1.29 is 5.11 Å². The summed E-state index contributed by atoms with van der Waals surface area (Å²) in [5.74, 6) is 0. The highest BCUT2D eigenvalue weighted by atomic mass is 16.2. The third kappa shape index (κ3) is 3.76. The van der Waals surface area contributed by atoms with Gasteiger partial charge in [0.2, 0.25) is 0 Å². The second-order valence-corrected chi connectivity index (χ2v) is 5.06. The molecule has 0 spiro atoms. The zero-order chi connectivity index (χ0) is 11.1. The third-order valence-corrected chi connectivity index (χ3v) is 4.00. The largest absolute Gasteiger partial charge is 0.396 e. The topological polar surface area (TPSA) is 23.5 Å². The van der Waals surface area contributed by atoms with E-state index in [4.69, 9.17) is 5.11 Å². The summed E-state index contributed by atoms with van der Waals surface area (Å²) < 4.78 is 0. The molecule has 90 valence electrons. The van der Waals surface area contributed by atoms with Crippen LogP contribution in [0.4, 0.5) is 0 Å². The van der Waals surface area contributed by atoms with Crippen molar-refractivity contribution in [2.24, 2.45) is 5.41 Å². The summed E-state index contributed by atoms with van der Waals surface area (Å²) in [6, 6.07) is 0. The Kier molecular flexibility index (Phi) is 5.62. The molecule has 0 unspecified atom stereocenters. The predicted octanol–water partition coefficient (Wildman–Crippen LogP) is 2.66. The lowest BCUT2D eigenvalue weighted by Gasteiger charge is -2.50. The van der Waals surface area contributed by atoms with Crippen LogP contribution in [-0.4, -0.2) is 36.2 Å². The lowest BCUT2D eigenvalue weighted by Crippen LogP contribution is -2.55. The number of hydrogen-bond donors (Lipinski definition) is 1. The van der Waals surface area contributed by atoms with Gasteiger partial charge in [0.05, 0.1) is 0 Å². The highest BCUT2D eigenvalue weighted by molar-refractivity contribution is 4.92. The van der Waals surface area contributed by atoms with Crippen LogP contribution in [-0.2, 0) is 0 Å². The molecule has 2 heteroatoms. The van der Waals surface area contributed by atoms with Gasteiger partial charge in [-0.1, -0.05) is 26.7 Å². The minimum atomic E-state index is 0.360. The second-order valence-electron chi connectivity index (χ2n) is 5.06. The first-order valence-corrected chi connectivity index (χ1v) is 6.59. The molecule has 0 aromatic rings. The van der Waals surface area contributed by atoms with Gasteiger partial charge >= 0.3 is 0 Å². The number of hydrogen-bond acceptors (Lipinski definition) is 2. The van der Waals surface area contributed by atoms with Gasteiger partial charge in [-0.2, -0.15) is 0 Å². The molecule has 2 nitrogen and oxygen atoms in total. The van der Waals surface area contributed by atoms with E-state index in [1.54, 1.807) is 0 Å². The molecular weight excluding hydrogens is 186 g/mol. The molecule has 1 rings (SSSR count). The van der Waals surface area contributed by atoms with Gasteiger partial charge in [0.15, 0.2) is 0 Å². The van der Waals surface area contributed by atoms with Crippen LogP contribution in [0, 0.1) is 5.41 Å². The molecule has 0 amide bonds. The Morgan fingerprint density at radius 2 is 1.60 bits per heavy atom. The van der Waals surface area contributed by atoms with Gasteiger partial charge in [0, 0.05) is 19.7 Å². The van der Waals surface area contributed by atoms with Gasteiger partial charge in [0.25, 0.3) is 0 Å². The number of likely N-dealkylation sites (tertiary alicyclic amines) is 1. The summed E-state index contributed by atoms with van der Waals surface area (Å²) in [5.41, 5.74) is 0.658. The summed E-state index contributed by atoms with van der Waals surface area (Å²) >= 11 is 0. The Bertz CT molecular complexity index is 158. The van der Waals surface area contributed by atoms with Crippen molar-refractivity contribution in [1.82, 2.24) is 4.90 Å². The van der Waals surface area contributed by atoms with Crippen LogP contribution >= 0.6 is 0 Å². The van der Waals surface area contributed by atoms with E-state index in [2.05, 4.69) is 18.7 Å². The minimum absolute atomic E-state index is 0.360. The van der Waals surface area contributed by atoms with Gasteiger partial charge < -0.3 is 10.0 Å². The molecule has 0 aliphatic carbocycles. The number of nitrogens with zero attached hydrogens (tertiary/aromatic N) is 1. The third-order valence-electron chi connectivity index (χ3n) is 4.00. The Morgan fingerprint density at radius 3 is 2.13 bits per heavy atom. The van der Waals surface area contributed by atoms with Gasteiger partial charge in [0.1, 0.15) is 0 Å². The van der Waals surface area contributed by atoms with Crippen molar-refractivity contribution in [3.8, 4) is 0 Å². The van der Waals surface area contributed by atoms with Crippen LogP contribution in [0.3, 0.4) is 0 Å². The van der Waals surface area contributed by atoms with Gasteiger partial charge in [-0.05, 0) is 37.6 Å². The molecule has 1 aliphatic heterocycles. The van der Waals surface area contributed by atoms with Crippen LogP contribution in [0.25, 0.3) is 0 Å². The van der Waals surface area contributed by atoms with Crippen molar-refractivity contribution in [2.45, 2.75) is 52.4 Å². The highest BCUT2D eigenvalue weighted by Crippen LogP contribution is 2.36. The molecule has 0 aromatic heterocycles. The Hall–Kier alpha value is -0.0800. The molecule has 0 atom stereocenters. The number of rotatable bonds is 8. The summed E-state index contributed by atoms with van der Waals surface area (Å²) in [6.45, 7) is 8.91. The van der Waals surface area contributed by atoms with E-state index in [-0.39, 0.29) is 0 Å². The van der Waals surface area contributed by atoms with Gasteiger partial charge in [-0.15, -0.1) is 0 Å². The van der Waals surface area contributed by atoms with Gasteiger partial charge in [-0.3, -0.25) is 0 Å². The van der Waals surface area contributed by atoms with Crippen LogP contribution in [0.1, 0.15) is 52.4 Å². The number of aliphatic hydroxyl groups is 1. The van der Waals surface area contributed by atoms with Crippen molar-refractivity contribution in [3.63, 3.8) is 0 Å². The Balaban J connectivity index is 1.98. The average Bonchev–Trinajstić information content (AvgIpc) is 2.21. The SMILES string of the molecule is CCC1(CC)CN(CCCCCCO)C1. The van der Waals surface area contributed by atoms with Crippen LogP contribution in [0.5, 0.6) is 0 Å². The van der Waals surface area contributed by atoms with Crippen molar-refractivity contribution >= 4 is 0 Å². The lowest BCUT2D eigenvalue weighted by molar-refractivity contribution is -0.00673. The highest BCUT2D eigenvalue weighted by Gasteiger charge is 2.38. The fraction of sp³-hybridized carbons (Fsp3) is 1.00. The van der Waals surface area contributed by atoms with Crippen LogP contribution < -0.4 is 0 Å². The number of unbranched alkanes of at least 4 members (excludes halogenated alkanes) is 3. The zero-order valence-corrected chi connectivity index (χ0v) is 10.5. The molecule has 1 fully saturated rings. The van der Waals surface area contributed by atoms with Crippen LogP contribution in [0.2, 0.25) is 0 Å². The number of aliphatic hydroxyl groups excluding tert-OH is 1. The predicted molar refractivity (Wildman–Crippen MR) is 65.0 cm³/mol. The van der Waals surface area contributed by atoms with E-state index in [0.717, 1.165) is 6.42 Å². The molecule has 0 bridgehead atoms. The first-order chi connectivity index (χ1) is 7.26. The van der Waals surface area contributed by atoms with E-state index in [1.165, 1.54) is 51.7 Å². The van der Waals surface area contributed by atoms with Crippen molar-refractivity contribution in [2.75, 3.05) is 26.2 Å². The van der Waals surface area contributed by atoms with Crippen molar-refractivity contribution in [3.05, 3.63) is 0 Å². The molecule has 0 aromatic carbocycles. The summed E-state index contributed by atoms with van der Waals surface area (Å²) in [6.07, 6.45) is 7.44. The average molecular weight is 213 g/mol. The molecule has 0 radical (unpaired) electrons. The summed E-state index contributed by atoms with van der Waals surface area (Å²) in [7, 11) is 0. The smallest absolute Gasteiger partial charge is 0.0431 e. The maximum absolute atomic E-state index is 8.65.